The van der Waals surface area contributed by atoms with Gasteiger partial charge in [0.2, 0.25) is 5.91 Å². The summed E-state index contributed by atoms with van der Waals surface area (Å²) in [6.45, 7) is 5.68. The molecule has 0 bridgehead atoms. The zero-order valence-electron chi connectivity index (χ0n) is 20.8. The van der Waals surface area contributed by atoms with E-state index in [2.05, 4.69) is 10.6 Å². The Kier molecular flexibility index (Phi) is 11.2. The molecule has 0 fully saturated rings. The van der Waals surface area contributed by atoms with Crippen molar-refractivity contribution in [2.75, 3.05) is 6.54 Å². The Morgan fingerprint density at radius 2 is 1.46 bits per heavy atom. The van der Waals surface area contributed by atoms with E-state index in [0.717, 1.165) is 11.1 Å². The second kappa shape index (κ2) is 14.1. The number of amides is 2. The minimum absolute atomic E-state index is 0.101. The van der Waals surface area contributed by atoms with Gasteiger partial charge >= 0.3 is 12.1 Å². The highest BCUT2D eigenvalue weighted by atomic mass is 16.6. The highest BCUT2D eigenvalue weighted by molar-refractivity contribution is 5.89. The minimum Gasteiger partial charge on any atom is -0.459 e. The van der Waals surface area contributed by atoms with Crippen molar-refractivity contribution in [3.8, 4) is 0 Å². The maximum atomic E-state index is 13.1. The highest BCUT2D eigenvalue weighted by Gasteiger charge is 2.29. The fourth-order valence-electron chi connectivity index (χ4n) is 3.35. The zero-order chi connectivity index (χ0) is 25.7. The lowest BCUT2D eigenvalue weighted by atomic mass is 10.0. The van der Waals surface area contributed by atoms with Crippen molar-refractivity contribution in [2.24, 2.45) is 5.73 Å². The van der Waals surface area contributed by atoms with Crippen molar-refractivity contribution in [3.63, 3.8) is 0 Å². The Morgan fingerprint density at radius 3 is 2.03 bits per heavy atom. The quantitative estimate of drug-likeness (QED) is 0.398. The van der Waals surface area contributed by atoms with E-state index in [9.17, 15) is 14.4 Å². The number of alkyl carbamates (subject to hydrolysis) is 1. The van der Waals surface area contributed by atoms with Crippen LogP contribution in [0.4, 0.5) is 4.79 Å². The molecule has 0 heterocycles. The molecule has 190 valence electrons. The molecule has 2 rings (SSSR count). The monoisotopic (exact) mass is 483 g/mol. The number of nitrogens with two attached hydrogens (primary N) is 1. The second-order valence-corrected chi connectivity index (χ2v) is 9.31. The lowest BCUT2D eigenvalue weighted by Crippen LogP contribution is -2.52. The van der Waals surface area contributed by atoms with Crippen LogP contribution in [0.15, 0.2) is 60.7 Å². The number of benzene rings is 2. The molecule has 2 amide bonds. The van der Waals surface area contributed by atoms with Crippen LogP contribution in [0.5, 0.6) is 0 Å². The number of hydrogen-bond acceptors (Lipinski definition) is 6. The first kappa shape index (κ1) is 27.9. The van der Waals surface area contributed by atoms with Crippen LogP contribution < -0.4 is 16.4 Å². The number of aryl methyl sites for hydroxylation is 1. The Morgan fingerprint density at radius 1 is 0.857 bits per heavy atom. The number of rotatable bonds is 12. The number of esters is 1. The molecule has 0 saturated carbocycles. The first-order valence-electron chi connectivity index (χ1n) is 11.9. The molecule has 0 aromatic heterocycles. The molecule has 2 atom stereocenters. The van der Waals surface area contributed by atoms with Crippen LogP contribution in [-0.4, -0.2) is 42.2 Å². The van der Waals surface area contributed by atoms with Gasteiger partial charge in [-0.3, -0.25) is 4.79 Å². The largest absolute Gasteiger partial charge is 0.459 e. The van der Waals surface area contributed by atoms with Crippen LogP contribution in [0.1, 0.15) is 51.2 Å². The van der Waals surface area contributed by atoms with Gasteiger partial charge in [-0.1, -0.05) is 60.7 Å². The minimum atomic E-state index is -0.894. The molecule has 0 radical (unpaired) electrons. The molecule has 2 aromatic rings. The summed E-state index contributed by atoms with van der Waals surface area (Å²) in [5.41, 5.74) is 6.79. The van der Waals surface area contributed by atoms with Crippen molar-refractivity contribution < 1.29 is 23.9 Å². The van der Waals surface area contributed by atoms with E-state index >= 15 is 0 Å². The maximum Gasteiger partial charge on any atom is 0.408 e. The van der Waals surface area contributed by atoms with Gasteiger partial charge in [-0.2, -0.15) is 0 Å². The predicted octanol–water partition coefficient (Wildman–Crippen LogP) is 3.48. The molecule has 2 aromatic carbocycles. The summed E-state index contributed by atoms with van der Waals surface area (Å²) in [4.78, 5) is 38.4. The smallest absolute Gasteiger partial charge is 0.408 e. The summed E-state index contributed by atoms with van der Waals surface area (Å²) in [5.74, 6) is -1.02. The van der Waals surface area contributed by atoms with Crippen LogP contribution in [0.3, 0.4) is 0 Å². The molecule has 0 unspecified atom stereocenters. The third-order valence-corrected chi connectivity index (χ3v) is 5.09. The molecule has 0 saturated heterocycles. The van der Waals surface area contributed by atoms with Crippen LogP contribution in [0.25, 0.3) is 0 Å². The van der Waals surface area contributed by atoms with Crippen LogP contribution in [0.2, 0.25) is 0 Å². The molecule has 8 nitrogen and oxygen atoms in total. The van der Waals surface area contributed by atoms with Gasteiger partial charge in [-0.15, -0.1) is 0 Å². The Bertz CT molecular complexity index is 929. The average molecular weight is 484 g/mol. The molecular weight excluding hydrogens is 446 g/mol. The lowest BCUT2D eigenvalue weighted by molar-refractivity contribution is -0.149. The van der Waals surface area contributed by atoms with Gasteiger partial charge in [0.1, 0.15) is 24.3 Å². The summed E-state index contributed by atoms with van der Waals surface area (Å²) in [7, 11) is 0. The standard InChI is InChI=1S/C27H37N3O5/c1-27(2,3)35-26(33)30-22(15-10-18-28)24(31)29-23(17-16-20-11-6-4-7-12-20)25(32)34-19-21-13-8-5-9-14-21/h4-9,11-14,22-23H,10,15-19,28H2,1-3H3,(H,29,31)(H,30,33)/t22-,23+/m0/s1. The number of carbonyl (C=O) groups is 3. The van der Waals surface area contributed by atoms with Gasteiger partial charge in [-0.25, -0.2) is 9.59 Å². The van der Waals surface area contributed by atoms with Crippen molar-refractivity contribution in [1.29, 1.82) is 0 Å². The third-order valence-electron chi connectivity index (χ3n) is 5.09. The van der Waals surface area contributed by atoms with Gasteiger partial charge in [0.15, 0.2) is 0 Å². The lowest BCUT2D eigenvalue weighted by Gasteiger charge is -2.25. The number of ether oxygens (including phenoxy) is 2. The van der Waals surface area contributed by atoms with E-state index in [1.165, 1.54) is 0 Å². The molecule has 35 heavy (non-hydrogen) atoms. The van der Waals surface area contributed by atoms with Gasteiger partial charge in [0.25, 0.3) is 0 Å². The van der Waals surface area contributed by atoms with E-state index < -0.39 is 35.7 Å². The van der Waals surface area contributed by atoms with Crippen LogP contribution in [0, 0.1) is 0 Å². The van der Waals surface area contributed by atoms with Gasteiger partial charge in [-0.05, 0) is 64.1 Å². The zero-order valence-corrected chi connectivity index (χ0v) is 20.8. The van der Waals surface area contributed by atoms with E-state index in [0.29, 0.717) is 32.2 Å². The van der Waals surface area contributed by atoms with Crippen LogP contribution in [-0.2, 0) is 32.1 Å². The van der Waals surface area contributed by atoms with E-state index in [1.54, 1.807) is 20.8 Å². The number of carbonyl (C=O) groups excluding carboxylic acids is 3. The molecule has 4 N–H and O–H groups in total. The summed E-state index contributed by atoms with van der Waals surface area (Å²) in [6.07, 6.45) is 1.04. The predicted molar refractivity (Wildman–Crippen MR) is 134 cm³/mol. The van der Waals surface area contributed by atoms with Crippen molar-refractivity contribution in [2.45, 2.75) is 70.7 Å². The van der Waals surface area contributed by atoms with E-state index in [-0.39, 0.29) is 6.61 Å². The third kappa shape index (κ3) is 11.1. The maximum absolute atomic E-state index is 13.1. The Labute approximate surface area is 207 Å². The van der Waals surface area contributed by atoms with Crippen molar-refractivity contribution in [1.82, 2.24) is 10.6 Å². The average Bonchev–Trinajstić information content (AvgIpc) is 2.82. The molecule has 0 aliphatic carbocycles. The first-order valence-corrected chi connectivity index (χ1v) is 11.9. The Hall–Kier alpha value is -3.39. The fourth-order valence-corrected chi connectivity index (χ4v) is 3.35. The highest BCUT2D eigenvalue weighted by Crippen LogP contribution is 2.11. The summed E-state index contributed by atoms with van der Waals surface area (Å²) >= 11 is 0. The van der Waals surface area contributed by atoms with Gasteiger partial charge < -0.3 is 25.8 Å². The SMILES string of the molecule is CC(C)(C)OC(=O)N[C@@H](CCCN)C(=O)N[C@H](CCc1ccccc1)C(=O)OCc1ccccc1. The molecule has 0 aliphatic heterocycles. The summed E-state index contributed by atoms with van der Waals surface area (Å²) < 4.78 is 10.8. The Balaban J connectivity index is 2.09. The number of hydrogen-bond donors (Lipinski definition) is 3. The topological polar surface area (TPSA) is 120 Å². The van der Waals surface area contributed by atoms with Gasteiger partial charge in [0, 0.05) is 0 Å². The normalized spacial score (nSPS) is 12.8. The van der Waals surface area contributed by atoms with Gasteiger partial charge in [0.05, 0.1) is 0 Å². The summed E-state index contributed by atoms with van der Waals surface area (Å²) in [6, 6.07) is 17.2. The molecule has 0 aliphatic rings. The summed E-state index contributed by atoms with van der Waals surface area (Å²) in [5, 5.41) is 5.38. The molecule has 8 heteroatoms. The fraction of sp³-hybridized carbons (Fsp3) is 0.444. The van der Waals surface area contributed by atoms with E-state index in [4.69, 9.17) is 15.2 Å². The van der Waals surface area contributed by atoms with Crippen LogP contribution >= 0.6 is 0 Å². The second-order valence-electron chi connectivity index (χ2n) is 9.31. The van der Waals surface area contributed by atoms with E-state index in [1.807, 2.05) is 60.7 Å². The van der Waals surface area contributed by atoms with Crippen molar-refractivity contribution in [3.05, 3.63) is 71.8 Å². The first-order chi connectivity index (χ1) is 16.7. The van der Waals surface area contributed by atoms with Crippen molar-refractivity contribution >= 4 is 18.0 Å². The molecule has 0 spiro atoms. The molecular formula is C27H37N3O5. The number of nitrogens with one attached hydrogen (secondary N) is 2.